The Bertz CT molecular complexity index is 1270. The van der Waals surface area contributed by atoms with Gasteiger partial charge in [0.25, 0.3) is 5.91 Å². The zero-order chi connectivity index (χ0) is 25.3. The maximum atomic E-state index is 13.6. The first-order valence-corrected chi connectivity index (χ1v) is 11.2. The molecule has 0 spiro atoms. The van der Waals surface area contributed by atoms with Gasteiger partial charge < -0.3 is 24.2 Å². The number of carbonyl (C=O) groups is 3. The van der Waals surface area contributed by atoms with Crippen molar-refractivity contribution < 1.29 is 28.0 Å². The Kier molecular flexibility index (Phi) is 7.82. The molecule has 2 aromatic carbocycles. The number of nitrogens with one attached hydrogen (secondary N) is 2. The topological polar surface area (TPSA) is 114 Å². The summed E-state index contributed by atoms with van der Waals surface area (Å²) in [5.41, 5.74) is 1.05. The SMILES string of the molecule is COc1ccc(N(C(=O)CNC(=O)c2ccco2)[C@H](C(=O)NCc2ccco2)c2ccccc2)cc1. The van der Waals surface area contributed by atoms with E-state index in [-0.39, 0.29) is 18.8 Å². The maximum Gasteiger partial charge on any atom is 0.287 e. The second-order valence-electron chi connectivity index (χ2n) is 7.73. The summed E-state index contributed by atoms with van der Waals surface area (Å²) in [6.45, 7) is -0.213. The minimum absolute atomic E-state index is 0.0783. The molecule has 184 valence electrons. The van der Waals surface area contributed by atoms with Gasteiger partial charge in [-0.05, 0) is 54.1 Å². The third kappa shape index (κ3) is 5.82. The summed E-state index contributed by atoms with van der Waals surface area (Å²) in [5, 5.41) is 5.41. The minimum Gasteiger partial charge on any atom is -0.497 e. The summed E-state index contributed by atoms with van der Waals surface area (Å²) >= 11 is 0. The van der Waals surface area contributed by atoms with Crippen LogP contribution in [0.5, 0.6) is 5.75 Å². The van der Waals surface area contributed by atoms with E-state index in [2.05, 4.69) is 10.6 Å². The number of anilines is 1. The van der Waals surface area contributed by atoms with Crippen LogP contribution in [0, 0.1) is 0 Å². The maximum absolute atomic E-state index is 13.6. The lowest BCUT2D eigenvalue weighted by molar-refractivity contribution is -0.126. The zero-order valence-corrected chi connectivity index (χ0v) is 19.5. The van der Waals surface area contributed by atoms with Crippen molar-refractivity contribution in [2.45, 2.75) is 12.6 Å². The molecular formula is C27H25N3O6. The van der Waals surface area contributed by atoms with Crippen LogP contribution in [0.25, 0.3) is 0 Å². The number of nitrogens with zero attached hydrogens (tertiary/aromatic N) is 1. The molecule has 2 aromatic heterocycles. The first-order valence-electron chi connectivity index (χ1n) is 11.2. The average molecular weight is 488 g/mol. The lowest BCUT2D eigenvalue weighted by Crippen LogP contribution is -2.47. The standard InChI is InChI=1S/C27H25N3O6/c1-34-21-13-11-20(12-14-21)30(24(31)18-29-26(32)23-10-6-16-36-23)25(19-7-3-2-4-8-19)27(33)28-17-22-9-5-15-35-22/h2-16,25H,17-18H2,1H3,(H,28,33)(H,29,32)/t25-/m0/s1. The Balaban J connectivity index is 1.66. The van der Waals surface area contributed by atoms with E-state index in [1.54, 1.807) is 66.7 Å². The van der Waals surface area contributed by atoms with Crippen LogP contribution in [0.1, 0.15) is 27.9 Å². The molecule has 0 saturated carbocycles. The minimum atomic E-state index is -1.03. The van der Waals surface area contributed by atoms with Crippen LogP contribution in [0.15, 0.2) is 100 Å². The number of carbonyl (C=O) groups excluding carboxylic acids is 3. The van der Waals surface area contributed by atoms with Gasteiger partial charge >= 0.3 is 0 Å². The van der Waals surface area contributed by atoms with E-state index < -0.39 is 23.8 Å². The number of methoxy groups -OCH3 is 1. The third-order valence-corrected chi connectivity index (χ3v) is 5.40. The fraction of sp³-hybridized carbons (Fsp3) is 0.148. The Morgan fingerprint density at radius 3 is 2.22 bits per heavy atom. The molecule has 2 N–H and O–H groups in total. The van der Waals surface area contributed by atoms with Crippen LogP contribution >= 0.6 is 0 Å². The van der Waals surface area contributed by atoms with Crippen LogP contribution in [0.2, 0.25) is 0 Å². The van der Waals surface area contributed by atoms with Crippen LogP contribution in [-0.4, -0.2) is 31.4 Å². The van der Waals surface area contributed by atoms with Gasteiger partial charge in [0.15, 0.2) is 5.76 Å². The molecule has 9 heteroatoms. The lowest BCUT2D eigenvalue weighted by Gasteiger charge is -2.31. The van der Waals surface area contributed by atoms with Gasteiger partial charge in [0.2, 0.25) is 11.8 Å². The van der Waals surface area contributed by atoms with Crippen molar-refractivity contribution in [3.63, 3.8) is 0 Å². The van der Waals surface area contributed by atoms with Crippen LogP contribution in [0.3, 0.4) is 0 Å². The summed E-state index contributed by atoms with van der Waals surface area (Å²) in [5.74, 6) is -0.212. The first kappa shape index (κ1) is 24.3. The molecule has 0 unspecified atom stereocenters. The molecule has 0 saturated heterocycles. The molecule has 0 aliphatic carbocycles. The monoisotopic (exact) mass is 487 g/mol. The molecule has 0 radical (unpaired) electrons. The molecule has 0 bridgehead atoms. The molecule has 3 amide bonds. The van der Waals surface area contributed by atoms with Gasteiger partial charge in [0.05, 0.1) is 32.7 Å². The van der Waals surface area contributed by atoms with Crippen LogP contribution < -0.4 is 20.3 Å². The predicted octanol–water partition coefficient (Wildman–Crippen LogP) is 3.70. The average Bonchev–Trinajstić information content (AvgIpc) is 3.64. The number of ether oxygens (including phenoxy) is 1. The Labute approximate surface area is 207 Å². The molecule has 0 fully saturated rings. The van der Waals surface area contributed by atoms with Gasteiger partial charge in [-0.3, -0.25) is 19.3 Å². The fourth-order valence-corrected chi connectivity index (χ4v) is 3.65. The van der Waals surface area contributed by atoms with Gasteiger partial charge in [0, 0.05) is 5.69 Å². The van der Waals surface area contributed by atoms with Crippen LogP contribution in [0.4, 0.5) is 5.69 Å². The van der Waals surface area contributed by atoms with Crippen molar-refractivity contribution in [3.8, 4) is 5.75 Å². The van der Waals surface area contributed by atoms with Gasteiger partial charge in [0.1, 0.15) is 17.6 Å². The van der Waals surface area contributed by atoms with Crippen molar-refractivity contribution in [3.05, 3.63) is 108 Å². The quantitative estimate of drug-likeness (QED) is 0.353. The predicted molar refractivity (Wildman–Crippen MR) is 131 cm³/mol. The molecule has 36 heavy (non-hydrogen) atoms. The number of amides is 3. The molecule has 1 atom stereocenters. The van der Waals surface area contributed by atoms with E-state index in [1.165, 1.54) is 30.6 Å². The van der Waals surface area contributed by atoms with E-state index in [4.69, 9.17) is 13.6 Å². The molecule has 4 rings (SSSR count). The normalized spacial score (nSPS) is 11.4. The number of hydrogen-bond acceptors (Lipinski definition) is 6. The van der Waals surface area contributed by atoms with Crippen molar-refractivity contribution in [1.29, 1.82) is 0 Å². The van der Waals surface area contributed by atoms with Gasteiger partial charge in [-0.1, -0.05) is 30.3 Å². The van der Waals surface area contributed by atoms with Gasteiger partial charge in [-0.25, -0.2) is 0 Å². The van der Waals surface area contributed by atoms with E-state index in [0.29, 0.717) is 22.8 Å². The van der Waals surface area contributed by atoms with E-state index in [1.807, 2.05) is 6.07 Å². The highest BCUT2D eigenvalue weighted by Gasteiger charge is 2.33. The van der Waals surface area contributed by atoms with Crippen LogP contribution in [-0.2, 0) is 16.1 Å². The molecule has 4 aromatic rings. The molecular weight excluding hydrogens is 462 g/mol. The summed E-state index contributed by atoms with van der Waals surface area (Å²) in [6, 6.07) is 21.2. The van der Waals surface area contributed by atoms with Gasteiger partial charge in [-0.2, -0.15) is 0 Å². The second kappa shape index (κ2) is 11.6. The van der Waals surface area contributed by atoms with Crippen molar-refractivity contribution in [1.82, 2.24) is 10.6 Å². The lowest BCUT2D eigenvalue weighted by atomic mass is 10.0. The number of rotatable bonds is 10. The molecule has 2 heterocycles. The van der Waals surface area contributed by atoms with Gasteiger partial charge in [-0.15, -0.1) is 0 Å². The summed E-state index contributed by atoms with van der Waals surface area (Å²) in [7, 11) is 1.54. The Hall–Kier alpha value is -4.79. The first-order chi connectivity index (χ1) is 17.6. The highest BCUT2D eigenvalue weighted by Crippen LogP contribution is 2.29. The van der Waals surface area contributed by atoms with E-state index in [9.17, 15) is 14.4 Å². The van der Waals surface area contributed by atoms with Crippen molar-refractivity contribution in [2.75, 3.05) is 18.6 Å². The molecule has 0 aliphatic rings. The Morgan fingerprint density at radius 1 is 0.861 bits per heavy atom. The smallest absolute Gasteiger partial charge is 0.287 e. The molecule has 0 aliphatic heterocycles. The number of furan rings is 2. The highest BCUT2D eigenvalue weighted by molar-refractivity contribution is 6.04. The third-order valence-electron chi connectivity index (χ3n) is 5.40. The summed E-state index contributed by atoms with van der Waals surface area (Å²) < 4.78 is 15.7. The van der Waals surface area contributed by atoms with Crippen molar-refractivity contribution in [2.24, 2.45) is 0 Å². The largest absolute Gasteiger partial charge is 0.497 e. The Morgan fingerprint density at radius 2 is 1.58 bits per heavy atom. The highest BCUT2D eigenvalue weighted by atomic mass is 16.5. The number of benzene rings is 2. The number of hydrogen-bond donors (Lipinski definition) is 2. The summed E-state index contributed by atoms with van der Waals surface area (Å²) in [4.78, 5) is 40.8. The zero-order valence-electron chi connectivity index (χ0n) is 19.5. The van der Waals surface area contributed by atoms with Crippen molar-refractivity contribution >= 4 is 23.4 Å². The summed E-state index contributed by atoms with van der Waals surface area (Å²) in [6.07, 6.45) is 2.89. The second-order valence-corrected chi connectivity index (χ2v) is 7.73. The van der Waals surface area contributed by atoms with E-state index in [0.717, 1.165) is 0 Å². The fourth-order valence-electron chi connectivity index (χ4n) is 3.65. The van der Waals surface area contributed by atoms with E-state index >= 15 is 0 Å². The molecule has 9 nitrogen and oxygen atoms in total.